The van der Waals surface area contributed by atoms with Gasteiger partial charge in [-0.25, -0.2) is 4.68 Å². The first-order valence-electron chi connectivity index (χ1n) is 6.13. The summed E-state index contributed by atoms with van der Waals surface area (Å²) >= 11 is 3.47. The van der Waals surface area contributed by atoms with Gasteiger partial charge in [-0.1, -0.05) is 41.1 Å². The van der Waals surface area contributed by atoms with Gasteiger partial charge in [0.15, 0.2) is 0 Å². The van der Waals surface area contributed by atoms with Crippen molar-refractivity contribution in [3.8, 4) is 5.69 Å². The molecule has 0 radical (unpaired) electrons. The Hall–Kier alpha value is -1.20. The van der Waals surface area contributed by atoms with Gasteiger partial charge in [-0.3, -0.25) is 0 Å². The predicted octanol–water partition coefficient (Wildman–Crippen LogP) is 3.00. The highest BCUT2D eigenvalue weighted by atomic mass is 79.9. The van der Waals surface area contributed by atoms with Gasteiger partial charge in [0, 0.05) is 4.47 Å². The molecule has 0 saturated carbocycles. The van der Waals surface area contributed by atoms with E-state index in [9.17, 15) is 0 Å². The molecule has 1 aromatic heterocycles. The smallest absolute Gasteiger partial charge is 0.103 e. The molecule has 18 heavy (non-hydrogen) atoms. The van der Waals surface area contributed by atoms with Crippen LogP contribution < -0.4 is 5.73 Å². The van der Waals surface area contributed by atoms with Gasteiger partial charge in [0.1, 0.15) is 5.69 Å². The largest absolute Gasteiger partial charge is 0.323 e. The van der Waals surface area contributed by atoms with E-state index >= 15 is 0 Å². The molecule has 5 heteroatoms. The van der Waals surface area contributed by atoms with Crippen LogP contribution in [0, 0.1) is 0 Å². The summed E-state index contributed by atoms with van der Waals surface area (Å²) < 4.78 is 2.90. The third kappa shape index (κ3) is 2.47. The van der Waals surface area contributed by atoms with Gasteiger partial charge >= 0.3 is 0 Å². The van der Waals surface area contributed by atoms with E-state index in [0.717, 1.165) is 34.4 Å². The molecule has 0 saturated heterocycles. The van der Waals surface area contributed by atoms with E-state index < -0.39 is 0 Å². The maximum absolute atomic E-state index is 6.07. The summed E-state index contributed by atoms with van der Waals surface area (Å²) in [7, 11) is 0. The molecule has 0 aliphatic heterocycles. The minimum absolute atomic E-state index is 0.0409. The standard InChI is InChI=1S/C13H17BrN4/c1-3-11(15)13-12(4-2)18(17-16-13)10-7-5-6-9(14)8-10/h5-8,11H,3-4,15H2,1-2H3. The summed E-state index contributed by atoms with van der Waals surface area (Å²) in [6.07, 6.45) is 1.73. The number of benzene rings is 1. The number of nitrogens with zero attached hydrogens (tertiary/aromatic N) is 3. The Bertz CT molecular complexity index is 536. The Morgan fingerprint density at radius 1 is 1.39 bits per heavy atom. The fraction of sp³-hybridized carbons (Fsp3) is 0.385. The van der Waals surface area contributed by atoms with Crippen molar-refractivity contribution < 1.29 is 0 Å². The van der Waals surface area contributed by atoms with Crippen LogP contribution >= 0.6 is 15.9 Å². The van der Waals surface area contributed by atoms with Crippen LogP contribution in [-0.4, -0.2) is 15.0 Å². The second kappa shape index (κ2) is 5.63. The molecule has 0 bridgehead atoms. The zero-order chi connectivity index (χ0) is 13.1. The summed E-state index contributed by atoms with van der Waals surface area (Å²) in [5, 5.41) is 8.47. The van der Waals surface area contributed by atoms with Crippen LogP contribution in [0.1, 0.15) is 37.7 Å². The molecule has 0 spiro atoms. The monoisotopic (exact) mass is 308 g/mol. The Kier molecular flexibility index (Phi) is 4.14. The molecule has 96 valence electrons. The van der Waals surface area contributed by atoms with Gasteiger partial charge in [0.2, 0.25) is 0 Å². The fourth-order valence-electron chi connectivity index (χ4n) is 1.94. The van der Waals surface area contributed by atoms with Crippen molar-refractivity contribution in [2.75, 3.05) is 0 Å². The SMILES string of the molecule is CCc1c(C(N)CC)nnn1-c1cccc(Br)c1. The highest BCUT2D eigenvalue weighted by Crippen LogP contribution is 2.21. The Balaban J connectivity index is 2.49. The summed E-state index contributed by atoms with van der Waals surface area (Å²) in [6.45, 7) is 4.15. The number of aromatic nitrogens is 3. The molecular formula is C13H17BrN4. The second-order valence-electron chi connectivity index (χ2n) is 4.18. The lowest BCUT2D eigenvalue weighted by Gasteiger charge is -2.09. The molecule has 0 amide bonds. The Morgan fingerprint density at radius 3 is 2.78 bits per heavy atom. The van der Waals surface area contributed by atoms with Crippen molar-refractivity contribution in [3.63, 3.8) is 0 Å². The van der Waals surface area contributed by atoms with E-state index in [2.05, 4.69) is 40.1 Å². The van der Waals surface area contributed by atoms with Crippen LogP contribution in [0.15, 0.2) is 28.7 Å². The number of halogens is 1. The first kappa shape index (κ1) is 13.2. The molecular weight excluding hydrogens is 292 g/mol. The average molecular weight is 309 g/mol. The molecule has 2 N–H and O–H groups in total. The fourth-order valence-corrected chi connectivity index (χ4v) is 2.33. The second-order valence-corrected chi connectivity index (χ2v) is 5.10. The van der Waals surface area contributed by atoms with Gasteiger partial charge in [-0.15, -0.1) is 5.10 Å². The topological polar surface area (TPSA) is 56.7 Å². The van der Waals surface area contributed by atoms with Gasteiger partial charge in [-0.05, 0) is 31.0 Å². The van der Waals surface area contributed by atoms with E-state index in [4.69, 9.17) is 5.73 Å². The molecule has 0 aliphatic rings. The minimum atomic E-state index is -0.0409. The van der Waals surface area contributed by atoms with E-state index in [0.29, 0.717) is 0 Å². The lowest BCUT2D eigenvalue weighted by molar-refractivity contribution is 0.665. The van der Waals surface area contributed by atoms with E-state index in [1.54, 1.807) is 0 Å². The highest BCUT2D eigenvalue weighted by molar-refractivity contribution is 9.10. The zero-order valence-corrected chi connectivity index (χ0v) is 12.2. The van der Waals surface area contributed by atoms with Crippen molar-refractivity contribution in [3.05, 3.63) is 40.1 Å². The van der Waals surface area contributed by atoms with Crippen LogP contribution in [0.25, 0.3) is 5.69 Å². The molecule has 1 aromatic carbocycles. The van der Waals surface area contributed by atoms with Crippen molar-refractivity contribution in [2.45, 2.75) is 32.7 Å². The van der Waals surface area contributed by atoms with Gasteiger partial charge < -0.3 is 5.73 Å². The van der Waals surface area contributed by atoms with E-state index in [-0.39, 0.29) is 6.04 Å². The normalized spacial score (nSPS) is 12.7. The number of rotatable bonds is 4. The third-order valence-corrected chi connectivity index (χ3v) is 3.47. The van der Waals surface area contributed by atoms with Crippen LogP contribution in [-0.2, 0) is 6.42 Å². The van der Waals surface area contributed by atoms with E-state index in [1.165, 1.54) is 0 Å². The van der Waals surface area contributed by atoms with Gasteiger partial charge in [0.25, 0.3) is 0 Å². The molecule has 1 atom stereocenters. The first-order valence-corrected chi connectivity index (χ1v) is 6.92. The highest BCUT2D eigenvalue weighted by Gasteiger charge is 2.17. The molecule has 2 aromatic rings. The van der Waals surface area contributed by atoms with Crippen molar-refractivity contribution >= 4 is 15.9 Å². The number of nitrogens with two attached hydrogens (primary N) is 1. The molecule has 1 heterocycles. The maximum atomic E-state index is 6.07. The molecule has 2 rings (SSSR count). The van der Waals surface area contributed by atoms with E-state index in [1.807, 2.05) is 28.9 Å². The predicted molar refractivity (Wildman–Crippen MR) is 75.7 cm³/mol. The summed E-state index contributed by atoms with van der Waals surface area (Å²) in [5.74, 6) is 0. The quantitative estimate of drug-likeness (QED) is 0.944. The minimum Gasteiger partial charge on any atom is -0.323 e. The Morgan fingerprint density at radius 2 is 2.17 bits per heavy atom. The Labute approximate surface area is 115 Å². The van der Waals surface area contributed by atoms with Crippen molar-refractivity contribution in [2.24, 2.45) is 5.73 Å². The lowest BCUT2D eigenvalue weighted by Crippen LogP contribution is -2.12. The molecule has 4 nitrogen and oxygen atoms in total. The van der Waals surface area contributed by atoms with Crippen LogP contribution in [0.5, 0.6) is 0 Å². The van der Waals surface area contributed by atoms with Crippen LogP contribution in [0.3, 0.4) is 0 Å². The van der Waals surface area contributed by atoms with Gasteiger partial charge in [-0.2, -0.15) is 0 Å². The summed E-state index contributed by atoms with van der Waals surface area (Å²) in [4.78, 5) is 0. The van der Waals surface area contributed by atoms with Gasteiger partial charge in [0.05, 0.1) is 17.4 Å². The molecule has 1 unspecified atom stereocenters. The maximum Gasteiger partial charge on any atom is 0.103 e. The third-order valence-electron chi connectivity index (χ3n) is 2.97. The van der Waals surface area contributed by atoms with Crippen LogP contribution in [0.4, 0.5) is 0 Å². The van der Waals surface area contributed by atoms with Crippen molar-refractivity contribution in [1.29, 1.82) is 0 Å². The number of hydrogen-bond acceptors (Lipinski definition) is 3. The molecule has 0 aliphatic carbocycles. The lowest BCUT2D eigenvalue weighted by atomic mass is 10.1. The summed E-state index contributed by atoms with van der Waals surface area (Å²) in [5.41, 5.74) is 9.06. The number of hydrogen-bond donors (Lipinski definition) is 1. The average Bonchev–Trinajstić information content (AvgIpc) is 2.81. The van der Waals surface area contributed by atoms with Crippen LogP contribution in [0.2, 0.25) is 0 Å². The summed E-state index contributed by atoms with van der Waals surface area (Å²) in [6, 6.07) is 7.97. The van der Waals surface area contributed by atoms with Crippen molar-refractivity contribution in [1.82, 2.24) is 15.0 Å². The first-order chi connectivity index (χ1) is 8.67. The molecule has 0 fully saturated rings. The zero-order valence-electron chi connectivity index (χ0n) is 10.6.